The average Bonchev–Trinajstić information content (AvgIpc) is 2.92. The number of aliphatic hydroxyl groups is 1. The third-order valence-corrected chi connectivity index (χ3v) is 5.64. The SMILES string of the molecule is COc1ncc(C2(O)CC3CCC(C2)N3Cc2ccncc2)c(OC)n1. The first-order valence-corrected chi connectivity index (χ1v) is 8.95. The molecule has 2 bridgehead atoms. The van der Waals surface area contributed by atoms with E-state index in [1.165, 1.54) is 12.7 Å². The Kier molecular flexibility index (Phi) is 4.50. The lowest BCUT2D eigenvalue weighted by atomic mass is 9.81. The van der Waals surface area contributed by atoms with E-state index in [0.717, 1.165) is 19.4 Å². The number of hydrogen-bond acceptors (Lipinski definition) is 7. The van der Waals surface area contributed by atoms with Gasteiger partial charge in [0.05, 0.1) is 25.4 Å². The number of piperidine rings is 1. The highest BCUT2D eigenvalue weighted by atomic mass is 16.5. The van der Waals surface area contributed by atoms with Gasteiger partial charge in [0.25, 0.3) is 0 Å². The Balaban J connectivity index is 1.58. The number of rotatable bonds is 5. The van der Waals surface area contributed by atoms with Gasteiger partial charge in [0.2, 0.25) is 5.88 Å². The second-order valence-corrected chi connectivity index (χ2v) is 7.13. The van der Waals surface area contributed by atoms with Crippen LogP contribution in [0.25, 0.3) is 0 Å². The zero-order valence-electron chi connectivity index (χ0n) is 15.1. The minimum atomic E-state index is -0.974. The van der Waals surface area contributed by atoms with Crippen molar-refractivity contribution in [1.82, 2.24) is 19.9 Å². The van der Waals surface area contributed by atoms with Crippen molar-refractivity contribution in [2.75, 3.05) is 14.2 Å². The van der Waals surface area contributed by atoms with Crippen molar-refractivity contribution in [3.05, 3.63) is 41.9 Å². The predicted octanol–water partition coefficient (Wildman–Crippen LogP) is 1.90. The molecule has 2 unspecified atom stereocenters. The van der Waals surface area contributed by atoms with Gasteiger partial charge in [-0.2, -0.15) is 4.98 Å². The highest BCUT2D eigenvalue weighted by Gasteiger charge is 2.49. The largest absolute Gasteiger partial charge is 0.481 e. The van der Waals surface area contributed by atoms with Crippen molar-refractivity contribution >= 4 is 0 Å². The highest BCUT2D eigenvalue weighted by Crippen LogP contribution is 2.47. The Morgan fingerprint density at radius 3 is 2.46 bits per heavy atom. The van der Waals surface area contributed by atoms with Gasteiger partial charge < -0.3 is 14.6 Å². The summed E-state index contributed by atoms with van der Waals surface area (Å²) in [4.78, 5) is 15.0. The van der Waals surface area contributed by atoms with Crippen LogP contribution >= 0.6 is 0 Å². The van der Waals surface area contributed by atoms with Gasteiger partial charge in [-0.15, -0.1) is 0 Å². The van der Waals surface area contributed by atoms with Crippen LogP contribution in [0.5, 0.6) is 11.9 Å². The maximum atomic E-state index is 11.4. The molecule has 0 saturated carbocycles. The Hall–Kier alpha value is -2.25. The summed E-state index contributed by atoms with van der Waals surface area (Å²) >= 11 is 0. The number of nitrogens with zero attached hydrogens (tertiary/aromatic N) is 4. The Labute approximate surface area is 153 Å². The lowest BCUT2D eigenvalue weighted by molar-refractivity contribution is -0.0612. The summed E-state index contributed by atoms with van der Waals surface area (Å²) in [7, 11) is 3.07. The van der Waals surface area contributed by atoms with Crippen LogP contribution in [-0.2, 0) is 12.1 Å². The van der Waals surface area contributed by atoms with Gasteiger partial charge in [-0.25, -0.2) is 4.98 Å². The molecule has 4 rings (SSSR count). The van der Waals surface area contributed by atoms with E-state index in [0.29, 0.717) is 36.4 Å². The fourth-order valence-electron chi connectivity index (χ4n) is 4.42. The van der Waals surface area contributed by atoms with Gasteiger partial charge in [-0.05, 0) is 43.4 Å². The molecular formula is C19H24N4O3. The molecule has 2 saturated heterocycles. The Morgan fingerprint density at radius 2 is 1.85 bits per heavy atom. The maximum Gasteiger partial charge on any atom is 0.319 e. The van der Waals surface area contributed by atoms with Gasteiger partial charge >= 0.3 is 6.01 Å². The van der Waals surface area contributed by atoms with E-state index in [2.05, 4.69) is 32.0 Å². The summed E-state index contributed by atoms with van der Waals surface area (Å²) in [5, 5.41) is 11.4. The molecule has 1 N–H and O–H groups in total. The van der Waals surface area contributed by atoms with Crippen molar-refractivity contribution in [1.29, 1.82) is 0 Å². The van der Waals surface area contributed by atoms with Gasteiger partial charge in [0.15, 0.2) is 0 Å². The molecule has 0 spiro atoms. The summed E-state index contributed by atoms with van der Waals surface area (Å²) in [6, 6.07) is 5.02. The molecule has 0 aromatic carbocycles. The minimum absolute atomic E-state index is 0.243. The quantitative estimate of drug-likeness (QED) is 0.876. The Morgan fingerprint density at radius 1 is 1.15 bits per heavy atom. The first-order chi connectivity index (χ1) is 12.6. The third-order valence-electron chi connectivity index (χ3n) is 5.64. The molecule has 26 heavy (non-hydrogen) atoms. The van der Waals surface area contributed by atoms with Crippen LogP contribution < -0.4 is 9.47 Å². The molecular weight excluding hydrogens is 332 g/mol. The van der Waals surface area contributed by atoms with Crippen LogP contribution in [0.2, 0.25) is 0 Å². The van der Waals surface area contributed by atoms with Crippen molar-refractivity contribution in [3.8, 4) is 11.9 Å². The molecule has 2 aromatic rings. The molecule has 2 fully saturated rings. The highest BCUT2D eigenvalue weighted by molar-refractivity contribution is 5.33. The number of hydrogen-bond donors (Lipinski definition) is 1. The zero-order chi connectivity index (χ0) is 18.1. The lowest BCUT2D eigenvalue weighted by Crippen LogP contribution is -2.49. The van der Waals surface area contributed by atoms with E-state index in [4.69, 9.17) is 9.47 Å². The number of pyridine rings is 1. The fraction of sp³-hybridized carbons (Fsp3) is 0.526. The van der Waals surface area contributed by atoms with Gasteiger partial charge in [-0.1, -0.05) is 0 Å². The minimum Gasteiger partial charge on any atom is -0.481 e. The monoisotopic (exact) mass is 356 g/mol. The van der Waals surface area contributed by atoms with Crippen molar-refractivity contribution in [2.24, 2.45) is 0 Å². The molecule has 2 aromatic heterocycles. The van der Waals surface area contributed by atoms with Crippen LogP contribution in [0.1, 0.15) is 36.8 Å². The number of ether oxygens (including phenoxy) is 2. The summed E-state index contributed by atoms with van der Waals surface area (Å²) in [6.07, 6.45) is 8.80. The maximum absolute atomic E-state index is 11.4. The molecule has 0 radical (unpaired) electrons. The van der Waals surface area contributed by atoms with Crippen molar-refractivity contribution in [2.45, 2.75) is 49.9 Å². The molecule has 0 aliphatic carbocycles. The van der Waals surface area contributed by atoms with Crippen LogP contribution in [0.15, 0.2) is 30.7 Å². The normalized spacial score (nSPS) is 28.1. The number of aromatic nitrogens is 3. The molecule has 7 nitrogen and oxygen atoms in total. The molecule has 7 heteroatoms. The first-order valence-electron chi connectivity index (χ1n) is 8.95. The van der Waals surface area contributed by atoms with E-state index in [1.807, 2.05) is 12.4 Å². The molecule has 4 heterocycles. The predicted molar refractivity (Wildman–Crippen MR) is 94.9 cm³/mol. The van der Waals surface area contributed by atoms with E-state index in [9.17, 15) is 5.11 Å². The van der Waals surface area contributed by atoms with Gasteiger partial charge in [0, 0.05) is 37.2 Å². The van der Waals surface area contributed by atoms with E-state index in [1.54, 1.807) is 13.3 Å². The van der Waals surface area contributed by atoms with Gasteiger partial charge in [-0.3, -0.25) is 9.88 Å². The van der Waals surface area contributed by atoms with E-state index < -0.39 is 5.60 Å². The van der Waals surface area contributed by atoms with Crippen LogP contribution in [0, 0.1) is 0 Å². The summed E-state index contributed by atoms with van der Waals surface area (Å²) in [5.74, 6) is 0.390. The van der Waals surface area contributed by atoms with Crippen LogP contribution in [0.4, 0.5) is 0 Å². The topological polar surface area (TPSA) is 80.6 Å². The second kappa shape index (κ2) is 6.81. The lowest BCUT2D eigenvalue weighted by Gasteiger charge is -2.44. The summed E-state index contributed by atoms with van der Waals surface area (Å²) in [6.45, 7) is 0.893. The summed E-state index contributed by atoms with van der Waals surface area (Å²) in [5.41, 5.74) is 0.937. The van der Waals surface area contributed by atoms with Crippen LogP contribution in [0.3, 0.4) is 0 Å². The molecule has 2 aliphatic heterocycles. The second-order valence-electron chi connectivity index (χ2n) is 7.13. The number of fused-ring (bicyclic) bond motifs is 2. The first kappa shape index (κ1) is 17.2. The molecule has 0 amide bonds. The Bertz CT molecular complexity index is 757. The standard InChI is InChI=1S/C19H24N4O3/c1-25-17-16(11-21-18(22-17)26-2)19(24)9-14-3-4-15(10-19)23(14)12-13-5-7-20-8-6-13/h5-8,11,14-15,24H,3-4,9-10,12H2,1-2H3. The third kappa shape index (κ3) is 3.01. The van der Waals surface area contributed by atoms with E-state index >= 15 is 0 Å². The summed E-state index contributed by atoms with van der Waals surface area (Å²) < 4.78 is 10.5. The molecule has 138 valence electrons. The zero-order valence-corrected chi connectivity index (χ0v) is 15.1. The van der Waals surface area contributed by atoms with E-state index in [-0.39, 0.29) is 6.01 Å². The molecule has 2 atom stereocenters. The smallest absolute Gasteiger partial charge is 0.319 e. The van der Waals surface area contributed by atoms with Crippen molar-refractivity contribution in [3.63, 3.8) is 0 Å². The molecule has 2 aliphatic rings. The van der Waals surface area contributed by atoms with Crippen LogP contribution in [-0.4, -0.2) is 51.3 Å². The number of methoxy groups -OCH3 is 2. The van der Waals surface area contributed by atoms with Gasteiger partial charge in [0.1, 0.15) is 0 Å². The average molecular weight is 356 g/mol. The fourth-order valence-corrected chi connectivity index (χ4v) is 4.42. The van der Waals surface area contributed by atoms with Crippen molar-refractivity contribution < 1.29 is 14.6 Å².